The van der Waals surface area contributed by atoms with E-state index in [9.17, 15) is 45.1 Å². The number of benzene rings is 3. The van der Waals surface area contributed by atoms with E-state index >= 15 is 4.39 Å². The summed E-state index contributed by atoms with van der Waals surface area (Å²) in [4.78, 5) is 38.5. The third kappa shape index (κ3) is 6.21. The van der Waals surface area contributed by atoms with Crippen LogP contribution in [-0.2, 0) is 10.5 Å². The van der Waals surface area contributed by atoms with Crippen LogP contribution in [-0.4, -0.2) is 36.6 Å². The minimum atomic E-state index is -6.34. The van der Waals surface area contributed by atoms with Gasteiger partial charge in [-0.05, 0) is 49.2 Å². The molecule has 0 aliphatic carbocycles. The number of anilines is 2. The molecule has 0 aliphatic rings. The Labute approximate surface area is 234 Å². The van der Waals surface area contributed by atoms with E-state index in [4.69, 9.17) is 5.73 Å². The van der Waals surface area contributed by atoms with Gasteiger partial charge in [0.15, 0.2) is 5.82 Å². The number of hydrogen-bond donors (Lipinski definition) is 2. The van der Waals surface area contributed by atoms with Gasteiger partial charge < -0.3 is 16.0 Å². The monoisotopic (exact) mass is 601 g/mol. The van der Waals surface area contributed by atoms with Crippen molar-refractivity contribution in [1.82, 2.24) is 0 Å². The molecule has 42 heavy (non-hydrogen) atoms. The average molecular weight is 601 g/mol. The second-order valence-corrected chi connectivity index (χ2v) is 9.27. The Balaban J connectivity index is 2.01. The van der Waals surface area contributed by atoms with Crippen LogP contribution in [0, 0.1) is 19.7 Å². The summed E-state index contributed by atoms with van der Waals surface area (Å²) in [6.07, 6.45) is -13.0. The lowest BCUT2D eigenvalue weighted by atomic mass is 9.90. The Kier molecular flexibility index (Phi) is 8.99. The van der Waals surface area contributed by atoms with E-state index in [0.29, 0.717) is 12.1 Å². The molecule has 0 saturated heterocycles. The number of nitrogens with zero attached hydrogens (tertiary/aromatic N) is 1. The van der Waals surface area contributed by atoms with Crippen LogP contribution in [0.25, 0.3) is 0 Å². The van der Waals surface area contributed by atoms with Crippen molar-refractivity contribution in [1.29, 1.82) is 0 Å². The average Bonchev–Trinajstić information content (AvgIpc) is 2.89. The van der Waals surface area contributed by atoms with Gasteiger partial charge in [0.25, 0.3) is 11.8 Å². The summed E-state index contributed by atoms with van der Waals surface area (Å²) in [6.45, 7) is 1.72. The molecule has 0 heterocycles. The van der Waals surface area contributed by atoms with E-state index in [1.54, 1.807) is 18.2 Å². The maximum absolute atomic E-state index is 15.7. The highest BCUT2D eigenvalue weighted by Crippen LogP contribution is 2.53. The van der Waals surface area contributed by atoms with E-state index in [1.807, 2.05) is 0 Å². The molecule has 0 aromatic heterocycles. The molecule has 0 atom stereocenters. The van der Waals surface area contributed by atoms with Crippen molar-refractivity contribution in [3.8, 4) is 0 Å². The van der Waals surface area contributed by atoms with E-state index in [2.05, 4.69) is 5.32 Å². The van der Waals surface area contributed by atoms with Crippen LogP contribution in [0.4, 0.5) is 46.5 Å². The zero-order valence-electron chi connectivity index (χ0n) is 22.0. The number of rotatable bonds is 8. The number of halogens is 8. The van der Waals surface area contributed by atoms with Crippen LogP contribution in [0.2, 0.25) is 0 Å². The van der Waals surface area contributed by atoms with E-state index in [-0.39, 0.29) is 35.3 Å². The van der Waals surface area contributed by atoms with Crippen molar-refractivity contribution in [3.63, 3.8) is 0 Å². The van der Waals surface area contributed by atoms with Gasteiger partial charge in [-0.1, -0.05) is 36.4 Å². The summed E-state index contributed by atoms with van der Waals surface area (Å²) in [7, 11) is 0. The number of amides is 3. The van der Waals surface area contributed by atoms with Crippen molar-refractivity contribution in [2.45, 2.75) is 38.3 Å². The van der Waals surface area contributed by atoms with E-state index in [1.165, 1.54) is 18.2 Å². The molecule has 0 spiro atoms. The number of carbonyl (C=O) groups excluding carboxylic acids is 3. The largest absolute Gasteiger partial charge is 0.435 e. The van der Waals surface area contributed by atoms with Gasteiger partial charge in [-0.25, -0.2) is 8.78 Å². The van der Waals surface area contributed by atoms with Crippen molar-refractivity contribution < 1.29 is 49.5 Å². The quantitative estimate of drug-likeness (QED) is 0.289. The van der Waals surface area contributed by atoms with Crippen LogP contribution in [0.1, 0.15) is 43.8 Å². The van der Waals surface area contributed by atoms with Gasteiger partial charge in [0.2, 0.25) is 5.91 Å². The van der Waals surface area contributed by atoms with Gasteiger partial charge in [0, 0.05) is 29.8 Å². The van der Waals surface area contributed by atoms with Crippen LogP contribution in [0.3, 0.4) is 0 Å². The van der Waals surface area contributed by atoms with E-state index < -0.39 is 58.4 Å². The van der Waals surface area contributed by atoms with E-state index in [0.717, 1.165) is 30.9 Å². The molecule has 0 aliphatic heterocycles. The predicted molar refractivity (Wildman–Crippen MR) is 137 cm³/mol. The highest BCUT2D eigenvalue weighted by molar-refractivity contribution is 6.09. The Morgan fingerprint density at radius 2 is 1.38 bits per heavy atom. The topological polar surface area (TPSA) is 92.5 Å². The van der Waals surface area contributed by atoms with Crippen molar-refractivity contribution in [3.05, 3.63) is 94.3 Å². The van der Waals surface area contributed by atoms with Crippen molar-refractivity contribution in [2.24, 2.45) is 5.73 Å². The lowest BCUT2D eigenvalue weighted by molar-refractivity contribution is -0.348. The Morgan fingerprint density at radius 3 is 1.88 bits per heavy atom. The second-order valence-electron chi connectivity index (χ2n) is 9.27. The summed E-state index contributed by atoms with van der Waals surface area (Å²) in [5.41, 5.74) is -4.18. The zero-order chi connectivity index (χ0) is 31.6. The lowest BCUT2D eigenvalue weighted by Crippen LogP contribution is -2.50. The molecule has 3 amide bonds. The smallest absolute Gasteiger partial charge is 0.370 e. The first-order chi connectivity index (χ1) is 19.4. The number of primary amides is 1. The number of hydrogen-bond acceptors (Lipinski definition) is 3. The first kappa shape index (κ1) is 32.0. The highest BCUT2D eigenvalue weighted by Gasteiger charge is 2.73. The molecule has 0 unspecified atom stereocenters. The number of alkyl halides is 7. The SMILES string of the molecule is Cc1cc(C(F)(C(F)(F)F)C(F)(F)F)cc(C)c1NC(=O)c1cccc(N(CCC(N)=O)C(=O)c2ccccc2)c1F. The summed E-state index contributed by atoms with van der Waals surface area (Å²) >= 11 is 0. The fourth-order valence-corrected chi connectivity index (χ4v) is 4.22. The van der Waals surface area contributed by atoms with Crippen molar-refractivity contribution >= 4 is 29.1 Å². The molecule has 14 heteroatoms. The number of nitrogens with one attached hydrogen (secondary N) is 1. The maximum atomic E-state index is 15.7. The van der Waals surface area contributed by atoms with Gasteiger partial charge in [0.05, 0.1) is 11.3 Å². The van der Waals surface area contributed by atoms with Gasteiger partial charge in [-0.15, -0.1) is 0 Å². The number of carbonyl (C=O) groups is 3. The second kappa shape index (κ2) is 11.8. The molecule has 0 saturated carbocycles. The summed E-state index contributed by atoms with van der Waals surface area (Å²) in [6, 6.07) is 11.6. The van der Waals surface area contributed by atoms with Gasteiger partial charge >= 0.3 is 18.0 Å². The van der Waals surface area contributed by atoms with Crippen molar-refractivity contribution in [2.75, 3.05) is 16.8 Å². The highest BCUT2D eigenvalue weighted by atomic mass is 19.4. The summed E-state index contributed by atoms with van der Waals surface area (Å²) in [5.74, 6) is -3.90. The third-order valence-corrected chi connectivity index (χ3v) is 6.31. The molecule has 3 aromatic rings. The number of aryl methyl sites for hydroxylation is 2. The Bertz CT molecular complexity index is 1470. The molecule has 3 aromatic carbocycles. The van der Waals surface area contributed by atoms with Gasteiger partial charge in [0.1, 0.15) is 0 Å². The van der Waals surface area contributed by atoms with Gasteiger partial charge in [-0.3, -0.25) is 14.4 Å². The summed E-state index contributed by atoms with van der Waals surface area (Å²) in [5, 5.41) is 2.23. The fraction of sp³-hybridized carbons (Fsp3) is 0.250. The molecule has 0 radical (unpaired) electrons. The minimum absolute atomic E-state index is 0.129. The first-order valence-corrected chi connectivity index (χ1v) is 12.1. The zero-order valence-corrected chi connectivity index (χ0v) is 22.0. The van der Waals surface area contributed by atoms with Crippen LogP contribution >= 0.6 is 0 Å². The molecular weight excluding hydrogens is 578 g/mol. The predicted octanol–water partition coefficient (Wildman–Crippen LogP) is 6.51. The van der Waals surface area contributed by atoms with Gasteiger partial charge in [-0.2, -0.15) is 26.3 Å². The Morgan fingerprint density at radius 1 is 0.833 bits per heavy atom. The molecule has 0 fully saturated rings. The molecule has 224 valence electrons. The number of nitrogens with two attached hydrogens (primary N) is 1. The first-order valence-electron chi connectivity index (χ1n) is 12.1. The molecule has 0 bridgehead atoms. The third-order valence-electron chi connectivity index (χ3n) is 6.31. The molecule has 6 nitrogen and oxygen atoms in total. The summed E-state index contributed by atoms with van der Waals surface area (Å²) < 4.78 is 110. The molecule has 3 N–H and O–H groups in total. The van der Waals surface area contributed by atoms with Crippen LogP contribution in [0.5, 0.6) is 0 Å². The van der Waals surface area contributed by atoms with Crippen LogP contribution < -0.4 is 16.0 Å². The lowest BCUT2D eigenvalue weighted by Gasteiger charge is -2.31. The molecule has 3 rings (SSSR count). The fourth-order valence-electron chi connectivity index (χ4n) is 4.22. The Hall–Kier alpha value is -4.49. The minimum Gasteiger partial charge on any atom is -0.370 e. The maximum Gasteiger partial charge on any atom is 0.435 e. The standard InChI is InChI=1S/C28H23F8N3O3/c1-15-13-18(26(30,27(31,32)33)28(34,35)36)14-16(2)23(15)38-24(41)19-9-6-10-20(22(19)29)39(12-11-21(37)40)25(42)17-7-4-3-5-8-17/h3-10,13-14H,11-12H2,1-2H3,(H2,37,40)(H,38,41). The van der Waals surface area contributed by atoms with Crippen LogP contribution in [0.15, 0.2) is 60.7 Å². The molecular formula is C28H23F8N3O3. The normalized spacial score (nSPS) is 12.1.